The van der Waals surface area contributed by atoms with Gasteiger partial charge in [-0.05, 0) is 55.7 Å². The molecule has 0 saturated carbocycles. The lowest BCUT2D eigenvalue weighted by Gasteiger charge is -2.34. The van der Waals surface area contributed by atoms with Crippen molar-refractivity contribution >= 4 is 38.2 Å². The van der Waals surface area contributed by atoms with E-state index in [4.69, 9.17) is 10.5 Å². The summed E-state index contributed by atoms with van der Waals surface area (Å²) in [6.07, 6.45) is 0.267. The molecule has 2 aromatic carbocycles. The Morgan fingerprint density at radius 2 is 1.72 bits per heavy atom. The Morgan fingerprint density at radius 1 is 1.05 bits per heavy atom. The third kappa shape index (κ3) is 5.92. The molecule has 0 aliphatic carbocycles. The van der Waals surface area contributed by atoms with Crippen molar-refractivity contribution in [2.45, 2.75) is 50.5 Å². The number of benzene rings is 2. The minimum absolute atomic E-state index is 0.114. The van der Waals surface area contributed by atoms with Gasteiger partial charge in [-0.2, -0.15) is 4.31 Å². The fourth-order valence-corrected chi connectivity index (χ4v) is 8.09. The quantitative estimate of drug-likeness (QED) is 0.450. The first-order valence-electron chi connectivity index (χ1n) is 12.9. The fraction of sp³-hybridized carbons (Fsp3) is 0.357. The van der Waals surface area contributed by atoms with Crippen LogP contribution in [0, 0.1) is 0 Å². The second kappa shape index (κ2) is 11.2. The molecule has 9 nitrogen and oxygen atoms in total. The van der Waals surface area contributed by atoms with Gasteiger partial charge in [0.25, 0.3) is 11.8 Å². The van der Waals surface area contributed by atoms with E-state index in [0.717, 1.165) is 23.5 Å². The minimum Gasteiger partial charge on any atom is -0.373 e. The van der Waals surface area contributed by atoms with E-state index < -0.39 is 21.8 Å². The van der Waals surface area contributed by atoms with Gasteiger partial charge in [0.05, 0.1) is 22.7 Å². The predicted octanol–water partition coefficient (Wildman–Crippen LogP) is 3.46. The lowest BCUT2D eigenvalue weighted by molar-refractivity contribution is -0.0440. The molecule has 11 heteroatoms. The maximum Gasteiger partial charge on any atom is 0.256 e. The van der Waals surface area contributed by atoms with E-state index in [-0.39, 0.29) is 35.8 Å². The third-order valence-electron chi connectivity index (χ3n) is 7.00. The van der Waals surface area contributed by atoms with Gasteiger partial charge < -0.3 is 15.8 Å². The zero-order valence-electron chi connectivity index (χ0n) is 21.9. The van der Waals surface area contributed by atoms with Gasteiger partial charge in [0.2, 0.25) is 10.0 Å². The number of ether oxygens (including phenoxy) is 1. The third-order valence-corrected chi connectivity index (χ3v) is 9.98. The van der Waals surface area contributed by atoms with Crippen LogP contribution in [0.15, 0.2) is 59.5 Å². The molecule has 39 heavy (non-hydrogen) atoms. The Bertz CT molecular complexity index is 1460. The van der Waals surface area contributed by atoms with Crippen molar-refractivity contribution in [1.82, 2.24) is 9.21 Å². The maximum absolute atomic E-state index is 13.1. The molecular weight excluding hydrogens is 536 g/mol. The zero-order chi connectivity index (χ0) is 27.7. The van der Waals surface area contributed by atoms with Crippen LogP contribution >= 0.6 is 11.3 Å². The van der Waals surface area contributed by atoms with Gasteiger partial charge in [-0.15, -0.1) is 11.3 Å². The lowest BCUT2D eigenvalue weighted by atomic mass is 10.0. The van der Waals surface area contributed by atoms with E-state index in [1.54, 1.807) is 0 Å². The summed E-state index contributed by atoms with van der Waals surface area (Å²) in [5, 5.41) is 3.27. The van der Waals surface area contributed by atoms with E-state index in [0.29, 0.717) is 23.5 Å². The van der Waals surface area contributed by atoms with Gasteiger partial charge in [0.1, 0.15) is 5.00 Å². The number of nitrogens with one attached hydrogen (secondary N) is 1. The SMILES string of the molecule is C[C@@H]1CN(S(=O)(=O)c2ccc(C(=O)Nc3sc4c(c3C(N)=O)CCN(Cc3ccccc3)C4)cc2)C[C@@H](C)O1. The summed E-state index contributed by atoms with van der Waals surface area (Å²) in [6, 6.07) is 16.0. The van der Waals surface area contributed by atoms with Gasteiger partial charge in [-0.1, -0.05) is 30.3 Å². The molecule has 1 saturated heterocycles. The molecule has 2 aliphatic heterocycles. The number of carbonyl (C=O) groups is 2. The van der Waals surface area contributed by atoms with Crippen molar-refractivity contribution in [3.63, 3.8) is 0 Å². The number of hydrogen-bond donors (Lipinski definition) is 2. The highest BCUT2D eigenvalue weighted by molar-refractivity contribution is 7.89. The molecule has 206 valence electrons. The summed E-state index contributed by atoms with van der Waals surface area (Å²) in [5.74, 6) is -1.01. The van der Waals surface area contributed by atoms with Gasteiger partial charge in [0, 0.05) is 43.2 Å². The summed E-state index contributed by atoms with van der Waals surface area (Å²) in [5.41, 5.74) is 8.48. The van der Waals surface area contributed by atoms with Crippen molar-refractivity contribution in [3.8, 4) is 0 Å². The first kappa shape index (κ1) is 27.5. The van der Waals surface area contributed by atoms with E-state index in [1.807, 2.05) is 32.0 Å². The van der Waals surface area contributed by atoms with Crippen molar-refractivity contribution in [2.75, 3.05) is 25.0 Å². The smallest absolute Gasteiger partial charge is 0.256 e. The van der Waals surface area contributed by atoms with Crippen LogP contribution in [-0.4, -0.2) is 61.3 Å². The molecule has 1 fully saturated rings. The summed E-state index contributed by atoms with van der Waals surface area (Å²) < 4.78 is 33.3. The van der Waals surface area contributed by atoms with Crippen LogP contribution in [0.2, 0.25) is 0 Å². The van der Waals surface area contributed by atoms with Gasteiger partial charge in [-0.3, -0.25) is 14.5 Å². The van der Waals surface area contributed by atoms with Crippen LogP contribution < -0.4 is 11.1 Å². The summed E-state index contributed by atoms with van der Waals surface area (Å²) >= 11 is 1.37. The van der Waals surface area contributed by atoms with Crippen molar-refractivity contribution in [1.29, 1.82) is 0 Å². The first-order chi connectivity index (χ1) is 18.6. The summed E-state index contributed by atoms with van der Waals surface area (Å²) in [6.45, 7) is 6.47. The normalized spacial score (nSPS) is 20.4. The second-order valence-electron chi connectivity index (χ2n) is 10.1. The number of rotatable bonds is 7. The zero-order valence-corrected chi connectivity index (χ0v) is 23.6. The molecule has 0 spiro atoms. The van der Waals surface area contributed by atoms with Gasteiger partial charge >= 0.3 is 0 Å². The number of nitrogens with zero attached hydrogens (tertiary/aromatic N) is 2. The van der Waals surface area contributed by atoms with E-state index in [2.05, 4.69) is 22.3 Å². The monoisotopic (exact) mass is 568 g/mol. The standard InChI is InChI=1S/C28H32N4O5S2/c1-18-14-32(15-19(2)37-18)39(35,36)22-10-8-21(9-11-22)27(34)30-28-25(26(29)33)23-12-13-31(17-24(23)38-28)16-20-6-4-3-5-7-20/h3-11,18-19H,12-17H2,1-2H3,(H2,29,33)(H,30,34)/t18-,19-/m1/s1. The highest BCUT2D eigenvalue weighted by atomic mass is 32.2. The number of hydrogen-bond acceptors (Lipinski definition) is 7. The number of thiophene rings is 1. The van der Waals surface area contributed by atoms with Crippen molar-refractivity contribution < 1.29 is 22.7 Å². The van der Waals surface area contributed by atoms with Gasteiger partial charge in [-0.25, -0.2) is 8.42 Å². The molecule has 3 heterocycles. The van der Waals surface area contributed by atoms with E-state index in [9.17, 15) is 18.0 Å². The Balaban J connectivity index is 1.31. The maximum atomic E-state index is 13.1. The Hall–Kier alpha value is -3.09. The number of morpholine rings is 1. The van der Waals surface area contributed by atoms with E-state index >= 15 is 0 Å². The lowest BCUT2D eigenvalue weighted by Crippen LogP contribution is -2.48. The highest BCUT2D eigenvalue weighted by Crippen LogP contribution is 2.37. The Kier molecular flexibility index (Phi) is 7.88. The number of carbonyl (C=O) groups excluding carboxylic acids is 2. The first-order valence-corrected chi connectivity index (χ1v) is 15.1. The summed E-state index contributed by atoms with van der Waals surface area (Å²) in [7, 11) is -3.72. The molecule has 0 radical (unpaired) electrons. The number of anilines is 1. The topological polar surface area (TPSA) is 122 Å². The molecule has 2 amide bonds. The summed E-state index contributed by atoms with van der Waals surface area (Å²) in [4.78, 5) is 28.9. The molecule has 5 rings (SSSR count). The van der Waals surface area contributed by atoms with Crippen LogP contribution in [0.5, 0.6) is 0 Å². The minimum atomic E-state index is -3.72. The highest BCUT2D eigenvalue weighted by Gasteiger charge is 2.32. The predicted molar refractivity (Wildman–Crippen MR) is 150 cm³/mol. The van der Waals surface area contributed by atoms with Gasteiger partial charge in [0.15, 0.2) is 0 Å². The average molecular weight is 569 g/mol. The molecule has 2 atom stereocenters. The van der Waals surface area contributed by atoms with Crippen molar-refractivity contribution in [3.05, 3.63) is 81.7 Å². The Labute approximate surface area is 232 Å². The fourth-order valence-electron chi connectivity index (χ4n) is 5.21. The van der Waals surface area contributed by atoms with E-state index in [1.165, 1.54) is 45.5 Å². The number of primary amides is 1. The van der Waals surface area contributed by atoms with Crippen LogP contribution in [0.25, 0.3) is 0 Å². The molecule has 0 unspecified atom stereocenters. The van der Waals surface area contributed by atoms with Crippen LogP contribution in [0.3, 0.4) is 0 Å². The van der Waals surface area contributed by atoms with Crippen LogP contribution in [0.4, 0.5) is 5.00 Å². The number of nitrogens with two attached hydrogens (primary N) is 1. The number of sulfonamides is 1. The number of amides is 2. The Morgan fingerprint density at radius 3 is 2.36 bits per heavy atom. The molecular formula is C28H32N4O5S2. The molecule has 1 aromatic heterocycles. The van der Waals surface area contributed by atoms with Crippen LogP contribution in [-0.2, 0) is 34.3 Å². The second-order valence-corrected chi connectivity index (χ2v) is 13.1. The average Bonchev–Trinajstić information content (AvgIpc) is 3.26. The molecule has 3 N–H and O–H groups in total. The van der Waals surface area contributed by atoms with Crippen LogP contribution in [0.1, 0.15) is 50.6 Å². The molecule has 3 aromatic rings. The largest absolute Gasteiger partial charge is 0.373 e. The van der Waals surface area contributed by atoms with Crippen molar-refractivity contribution in [2.24, 2.45) is 5.73 Å². The number of fused-ring (bicyclic) bond motifs is 1. The molecule has 0 bridgehead atoms. The molecule has 2 aliphatic rings.